The van der Waals surface area contributed by atoms with E-state index in [0.29, 0.717) is 0 Å². The Morgan fingerprint density at radius 2 is 1.21 bits per heavy atom. The van der Waals surface area contributed by atoms with Gasteiger partial charge in [-0.15, -0.1) is 0 Å². The first-order valence-corrected chi connectivity index (χ1v) is 13.4. The van der Waals surface area contributed by atoms with Crippen LogP contribution in [0.25, 0.3) is 34.6 Å². The van der Waals surface area contributed by atoms with E-state index in [1.54, 1.807) is 14.2 Å². The van der Waals surface area contributed by atoms with Crippen molar-refractivity contribution in [1.82, 2.24) is 0 Å². The molecule has 0 fully saturated rings. The van der Waals surface area contributed by atoms with Crippen molar-refractivity contribution < 1.29 is 18.6 Å². The zero-order valence-corrected chi connectivity index (χ0v) is 22.6. The lowest BCUT2D eigenvalue weighted by Gasteiger charge is -2.06. The Balaban J connectivity index is 1.52. The van der Waals surface area contributed by atoms with Crippen molar-refractivity contribution in [2.24, 2.45) is 0 Å². The van der Waals surface area contributed by atoms with E-state index in [-0.39, 0.29) is 0 Å². The van der Waals surface area contributed by atoms with Gasteiger partial charge in [-0.05, 0) is 72.2 Å². The average molecular weight is 510 g/mol. The van der Waals surface area contributed by atoms with Crippen LogP contribution in [-0.2, 0) is 0 Å². The number of ether oxygens (including phenoxy) is 3. The van der Waals surface area contributed by atoms with Crippen LogP contribution in [-0.4, -0.2) is 20.8 Å². The minimum absolute atomic E-state index is 0.761. The predicted octanol–water partition coefficient (Wildman–Crippen LogP) is 9.43. The van der Waals surface area contributed by atoms with E-state index >= 15 is 0 Å². The van der Waals surface area contributed by atoms with Gasteiger partial charge in [0, 0.05) is 11.6 Å². The first-order valence-electron chi connectivity index (χ1n) is 13.4. The number of hydrogen-bond acceptors (Lipinski definition) is 3. The van der Waals surface area contributed by atoms with Crippen LogP contribution in [0.1, 0.15) is 50.4 Å². The molecule has 0 aliphatic rings. The molecular formula is C34H37O4+. The van der Waals surface area contributed by atoms with Crippen LogP contribution in [0.3, 0.4) is 0 Å². The van der Waals surface area contributed by atoms with Gasteiger partial charge < -0.3 is 14.2 Å². The highest BCUT2D eigenvalue weighted by Gasteiger charge is 2.18. The van der Waals surface area contributed by atoms with Gasteiger partial charge in [-0.3, -0.25) is 0 Å². The van der Waals surface area contributed by atoms with Gasteiger partial charge in [0.05, 0.1) is 38.5 Å². The molecule has 0 spiro atoms. The molecule has 4 nitrogen and oxygen atoms in total. The van der Waals surface area contributed by atoms with Crippen LogP contribution in [0.5, 0.6) is 17.2 Å². The lowest BCUT2D eigenvalue weighted by molar-refractivity contribution is 0.304. The summed E-state index contributed by atoms with van der Waals surface area (Å²) in [5.41, 5.74) is 4.21. The fraction of sp³-hybridized carbons (Fsp3) is 0.265. The summed E-state index contributed by atoms with van der Waals surface area (Å²) in [5, 5.41) is 0. The third kappa shape index (κ3) is 7.72. The molecule has 4 aromatic rings. The minimum atomic E-state index is 0.761. The second-order valence-corrected chi connectivity index (χ2v) is 9.23. The van der Waals surface area contributed by atoms with E-state index in [4.69, 9.17) is 18.6 Å². The SMILES string of the molecule is CCCCCCCOc1ccc(/C=C/c2cc(-c3ccc(OC)cc3)cc(-c3ccc(OC)cc3)[o+]2)cc1. The van der Waals surface area contributed by atoms with E-state index in [2.05, 4.69) is 49.4 Å². The highest BCUT2D eigenvalue weighted by atomic mass is 16.5. The Morgan fingerprint density at radius 3 is 1.84 bits per heavy atom. The molecule has 1 heterocycles. The first-order chi connectivity index (χ1) is 18.7. The molecule has 1 aromatic heterocycles. The normalized spacial score (nSPS) is 11.0. The second kappa shape index (κ2) is 14.0. The number of unbranched alkanes of at least 4 members (excludes halogenated alkanes) is 4. The summed E-state index contributed by atoms with van der Waals surface area (Å²) in [7, 11) is 3.34. The van der Waals surface area contributed by atoms with Gasteiger partial charge in [-0.25, -0.2) is 4.42 Å². The molecule has 0 aliphatic heterocycles. The highest BCUT2D eigenvalue weighted by molar-refractivity contribution is 5.75. The average Bonchev–Trinajstić information content (AvgIpc) is 2.98. The van der Waals surface area contributed by atoms with E-state index in [9.17, 15) is 0 Å². The lowest BCUT2D eigenvalue weighted by atomic mass is 10.0. The molecule has 0 bridgehead atoms. The quantitative estimate of drug-likeness (QED) is 0.133. The van der Waals surface area contributed by atoms with E-state index in [0.717, 1.165) is 64.1 Å². The summed E-state index contributed by atoms with van der Waals surface area (Å²) in [6.45, 7) is 3.00. The molecule has 0 N–H and O–H groups in total. The van der Waals surface area contributed by atoms with Crippen molar-refractivity contribution in [3.05, 3.63) is 96.3 Å². The molecule has 196 valence electrons. The number of benzene rings is 3. The summed E-state index contributed by atoms with van der Waals surface area (Å²) < 4.78 is 22.9. The number of hydrogen-bond donors (Lipinski definition) is 0. The fourth-order valence-corrected chi connectivity index (χ4v) is 4.20. The van der Waals surface area contributed by atoms with Crippen molar-refractivity contribution in [3.8, 4) is 39.7 Å². The van der Waals surface area contributed by atoms with Crippen molar-refractivity contribution in [1.29, 1.82) is 0 Å². The Labute approximate surface area is 226 Å². The van der Waals surface area contributed by atoms with Gasteiger partial charge >= 0.3 is 11.5 Å². The molecule has 3 aromatic carbocycles. The maximum atomic E-state index is 6.31. The smallest absolute Gasteiger partial charge is 0.361 e. The van der Waals surface area contributed by atoms with Crippen LogP contribution in [0.2, 0.25) is 0 Å². The van der Waals surface area contributed by atoms with Gasteiger partial charge in [0.2, 0.25) is 0 Å². The van der Waals surface area contributed by atoms with Crippen LogP contribution in [0, 0.1) is 0 Å². The van der Waals surface area contributed by atoms with Crippen LogP contribution >= 0.6 is 0 Å². The van der Waals surface area contributed by atoms with Crippen molar-refractivity contribution >= 4 is 12.2 Å². The molecule has 0 amide bonds. The second-order valence-electron chi connectivity index (χ2n) is 9.23. The summed E-state index contributed by atoms with van der Waals surface area (Å²) in [6.07, 6.45) is 10.2. The number of rotatable bonds is 13. The largest absolute Gasteiger partial charge is 0.497 e. The molecule has 0 saturated carbocycles. The summed E-state index contributed by atoms with van der Waals surface area (Å²) >= 11 is 0. The van der Waals surface area contributed by atoms with Gasteiger partial charge in [0.15, 0.2) is 0 Å². The Hall–Kier alpha value is -4.05. The van der Waals surface area contributed by atoms with E-state index in [1.165, 1.54) is 25.7 Å². The standard InChI is InChI=1S/C34H37O4/c1-4-5-6-7-8-23-37-32-16-9-26(10-17-32)11-18-33-24-29(27-12-19-30(35-2)20-13-27)25-34(38-33)28-14-21-31(36-3)22-15-28/h9-22,24-25H,4-8,23H2,1-3H3/q+1/b18-11+. The zero-order valence-electron chi connectivity index (χ0n) is 22.6. The molecule has 0 atom stereocenters. The van der Waals surface area contributed by atoms with Crippen LogP contribution < -0.4 is 14.2 Å². The maximum Gasteiger partial charge on any atom is 0.361 e. The molecule has 0 unspecified atom stereocenters. The summed E-state index contributed by atoms with van der Waals surface area (Å²) in [5.74, 6) is 4.09. The molecule has 4 heteroatoms. The Morgan fingerprint density at radius 1 is 0.605 bits per heavy atom. The van der Waals surface area contributed by atoms with Crippen molar-refractivity contribution in [3.63, 3.8) is 0 Å². The molecule has 0 radical (unpaired) electrons. The first kappa shape index (κ1) is 27.0. The fourth-order valence-electron chi connectivity index (χ4n) is 4.20. The molecule has 4 rings (SSSR count). The van der Waals surface area contributed by atoms with Gasteiger partial charge in [-0.2, -0.15) is 0 Å². The van der Waals surface area contributed by atoms with Gasteiger partial charge in [0.25, 0.3) is 0 Å². The van der Waals surface area contributed by atoms with E-state index < -0.39 is 0 Å². The number of methoxy groups -OCH3 is 2. The van der Waals surface area contributed by atoms with E-state index in [1.807, 2.05) is 54.6 Å². The molecule has 0 saturated heterocycles. The van der Waals surface area contributed by atoms with Crippen molar-refractivity contribution in [2.75, 3.05) is 20.8 Å². The third-order valence-corrected chi connectivity index (χ3v) is 6.45. The zero-order chi connectivity index (χ0) is 26.6. The minimum Gasteiger partial charge on any atom is -0.497 e. The van der Waals surface area contributed by atoms with Gasteiger partial charge in [-0.1, -0.05) is 56.9 Å². The maximum absolute atomic E-state index is 6.31. The van der Waals surface area contributed by atoms with Gasteiger partial charge in [0.1, 0.15) is 17.2 Å². The lowest BCUT2D eigenvalue weighted by Crippen LogP contribution is -1.97. The third-order valence-electron chi connectivity index (χ3n) is 6.45. The summed E-state index contributed by atoms with van der Waals surface area (Å²) in [6, 6.07) is 28.3. The molecular weight excluding hydrogens is 472 g/mol. The highest BCUT2D eigenvalue weighted by Crippen LogP contribution is 2.31. The predicted molar refractivity (Wildman–Crippen MR) is 157 cm³/mol. The monoisotopic (exact) mass is 509 g/mol. The topological polar surface area (TPSA) is 39.0 Å². The Bertz CT molecular complexity index is 1220. The Kier molecular flexibility index (Phi) is 9.97. The summed E-state index contributed by atoms with van der Waals surface area (Å²) in [4.78, 5) is 0. The van der Waals surface area contributed by atoms with Crippen LogP contribution in [0.4, 0.5) is 0 Å². The molecule has 0 aliphatic carbocycles. The van der Waals surface area contributed by atoms with Crippen LogP contribution in [0.15, 0.2) is 89.3 Å². The van der Waals surface area contributed by atoms with Crippen molar-refractivity contribution in [2.45, 2.75) is 39.0 Å². The molecule has 38 heavy (non-hydrogen) atoms.